The average molecular weight is 428 g/mol. The third kappa shape index (κ3) is 4.03. The normalized spacial score (nSPS) is 21.4. The molecule has 1 amide bonds. The van der Waals surface area contributed by atoms with E-state index in [4.69, 9.17) is 0 Å². The molecule has 0 bridgehead atoms. The minimum atomic E-state index is -4.69. The first-order chi connectivity index (χ1) is 14.0. The van der Waals surface area contributed by atoms with E-state index in [1.165, 1.54) is 12.1 Å². The van der Waals surface area contributed by atoms with Crippen LogP contribution in [-0.2, 0) is 19.3 Å². The fraction of sp³-hybridized carbons (Fsp3) is 0.381. The average Bonchev–Trinajstić information content (AvgIpc) is 3.02. The van der Waals surface area contributed by atoms with Gasteiger partial charge in [-0.15, -0.1) is 0 Å². The second kappa shape index (κ2) is 7.30. The first kappa shape index (κ1) is 20.7. The zero-order valence-electron chi connectivity index (χ0n) is 15.7. The van der Waals surface area contributed by atoms with Gasteiger partial charge in [-0.1, -0.05) is 12.1 Å². The van der Waals surface area contributed by atoms with E-state index in [0.29, 0.717) is 22.8 Å². The summed E-state index contributed by atoms with van der Waals surface area (Å²) >= 11 is 0. The van der Waals surface area contributed by atoms with Gasteiger partial charge in [0.2, 0.25) is 0 Å². The van der Waals surface area contributed by atoms with Crippen LogP contribution in [-0.4, -0.2) is 29.8 Å². The lowest BCUT2D eigenvalue weighted by Crippen LogP contribution is -2.45. The van der Waals surface area contributed by atoms with E-state index in [0.717, 1.165) is 12.1 Å². The van der Waals surface area contributed by atoms with E-state index in [2.05, 4.69) is 5.32 Å². The number of fused-ring (bicyclic) bond motifs is 1. The number of hydrogen-bond acceptors (Lipinski definition) is 2. The van der Waals surface area contributed by atoms with Gasteiger partial charge in [-0.3, -0.25) is 9.69 Å². The molecule has 9 heteroatoms. The molecule has 1 saturated heterocycles. The summed E-state index contributed by atoms with van der Waals surface area (Å²) in [6, 6.07) is 6.84. The van der Waals surface area contributed by atoms with Crippen molar-refractivity contribution in [3.8, 4) is 0 Å². The number of alkyl halides is 5. The fourth-order valence-electron chi connectivity index (χ4n) is 4.09. The summed E-state index contributed by atoms with van der Waals surface area (Å²) in [5, 5.41) is 2.64. The molecule has 2 aliphatic heterocycles. The van der Waals surface area contributed by atoms with Crippen molar-refractivity contribution in [2.75, 3.05) is 13.1 Å². The lowest BCUT2D eigenvalue weighted by atomic mass is 9.85. The third-order valence-electron chi connectivity index (χ3n) is 5.62. The number of hydrogen-bond donors (Lipinski definition) is 1. The molecule has 3 nitrogen and oxygen atoms in total. The Hall–Kier alpha value is -2.55. The highest BCUT2D eigenvalue weighted by Crippen LogP contribution is 2.41. The number of amides is 1. The van der Waals surface area contributed by atoms with Crippen LogP contribution in [0, 0.1) is 5.82 Å². The fourth-order valence-corrected chi connectivity index (χ4v) is 4.09. The lowest BCUT2D eigenvalue weighted by Gasteiger charge is -2.39. The van der Waals surface area contributed by atoms with Crippen molar-refractivity contribution in [2.24, 2.45) is 0 Å². The van der Waals surface area contributed by atoms with Crippen molar-refractivity contribution in [3.05, 3.63) is 70.0 Å². The zero-order valence-corrected chi connectivity index (χ0v) is 15.7. The molecule has 2 aromatic rings. The maximum atomic E-state index is 14.7. The minimum absolute atomic E-state index is 0.0215. The Balaban J connectivity index is 1.57. The predicted molar refractivity (Wildman–Crippen MR) is 96.6 cm³/mol. The van der Waals surface area contributed by atoms with Crippen molar-refractivity contribution >= 4 is 5.91 Å². The lowest BCUT2D eigenvalue weighted by molar-refractivity contribution is -0.137. The molecule has 30 heavy (non-hydrogen) atoms. The SMILES string of the molecule is O=C1NCc2cc(C3CN(Cc4cc(F)cc(C(F)(F)F)c4)CCC3(F)F)ccc21. The molecule has 2 aromatic carbocycles. The van der Waals surface area contributed by atoms with Crippen LogP contribution in [0.25, 0.3) is 0 Å². The maximum Gasteiger partial charge on any atom is 0.416 e. The van der Waals surface area contributed by atoms with E-state index in [1.54, 1.807) is 11.0 Å². The van der Waals surface area contributed by atoms with Crippen molar-refractivity contribution < 1.29 is 31.1 Å². The molecule has 2 heterocycles. The number of carbonyl (C=O) groups excluding carboxylic acids is 1. The molecule has 0 aromatic heterocycles. The molecule has 4 rings (SSSR count). The van der Waals surface area contributed by atoms with Gasteiger partial charge in [0.15, 0.2) is 0 Å². The van der Waals surface area contributed by atoms with Gasteiger partial charge in [0, 0.05) is 38.2 Å². The Bertz CT molecular complexity index is 988. The van der Waals surface area contributed by atoms with E-state index < -0.39 is 35.8 Å². The van der Waals surface area contributed by atoms with E-state index in [9.17, 15) is 31.1 Å². The van der Waals surface area contributed by atoms with Crippen LogP contribution in [0.2, 0.25) is 0 Å². The highest BCUT2D eigenvalue weighted by atomic mass is 19.4. The standard InChI is InChI=1S/C21H18F6N2O/c22-16-6-12(5-15(8-16)21(25,26)27)10-29-4-3-20(23,24)18(11-29)13-1-2-17-14(7-13)9-28-19(17)30/h1-2,5-8,18H,3-4,9-11H2,(H,28,30). The number of piperidine rings is 1. The van der Waals surface area contributed by atoms with E-state index in [1.807, 2.05) is 0 Å². The van der Waals surface area contributed by atoms with Gasteiger partial charge in [0.05, 0.1) is 11.5 Å². The Morgan fingerprint density at radius 3 is 2.63 bits per heavy atom. The highest BCUT2D eigenvalue weighted by Gasteiger charge is 2.45. The Morgan fingerprint density at radius 2 is 1.90 bits per heavy atom. The number of likely N-dealkylation sites (tertiary alicyclic amines) is 1. The maximum absolute atomic E-state index is 14.7. The Morgan fingerprint density at radius 1 is 1.13 bits per heavy atom. The molecular formula is C21H18F6N2O. The van der Waals surface area contributed by atoms with Crippen molar-refractivity contribution in [1.82, 2.24) is 10.2 Å². The zero-order chi connectivity index (χ0) is 21.7. The smallest absolute Gasteiger partial charge is 0.348 e. The van der Waals surface area contributed by atoms with Crippen LogP contribution in [0.5, 0.6) is 0 Å². The van der Waals surface area contributed by atoms with Gasteiger partial charge >= 0.3 is 6.18 Å². The molecule has 1 unspecified atom stereocenters. The molecule has 0 spiro atoms. The minimum Gasteiger partial charge on any atom is -0.348 e. The summed E-state index contributed by atoms with van der Waals surface area (Å²) in [5.74, 6) is -5.45. The second-order valence-corrected chi connectivity index (χ2v) is 7.74. The topological polar surface area (TPSA) is 32.3 Å². The van der Waals surface area contributed by atoms with E-state index in [-0.39, 0.29) is 37.6 Å². The number of halogens is 6. The predicted octanol–water partition coefficient (Wildman–Crippen LogP) is 4.71. The van der Waals surface area contributed by atoms with Gasteiger partial charge < -0.3 is 5.32 Å². The summed E-state index contributed by atoms with van der Waals surface area (Å²) in [6.07, 6.45) is -5.16. The van der Waals surface area contributed by atoms with Crippen LogP contribution in [0.15, 0.2) is 36.4 Å². The van der Waals surface area contributed by atoms with Gasteiger partial charge in [-0.25, -0.2) is 13.2 Å². The molecule has 1 N–H and O–H groups in total. The second-order valence-electron chi connectivity index (χ2n) is 7.74. The summed E-state index contributed by atoms with van der Waals surface area (Å²) in [4.78, 5) is 13.3. The van der Waals surface area contributed by atoms with Crippen molar-refractivity contribution in [1.29, 1.82) is 0 Å². The van der Waals surface area contributed by atoms with E-state index >= 15 is 0 Å². The molecule has 0 saturated carbocycles. The Kier molecular flexibility index (Phi) is 5.04. The van der Waals surface area contributed by atoms with Crippen LogP contribution in [0.1, 0.15) is 45.0 Å². The highest BCUT2D eigenvalue weighted by molar-refractivity contribution is 5.98. The number of carbonyl (C=O) groups is 1. The largest absolute Gasteiger partial charge is 0.416 e. The van der Waals surface area contributed by atoms with Crippen LogP contribution in [0.3, 0.4) is 0 Å². The van der Waals surface area contributed by atoms with Gasteiger partial charge in [-0.2, -0.15) is 13.2 Å². The first-order valence-electron chi connectivity index (χ1n) is 9.41. The summed E-state index contributed by atoms with van der Waals surface area (Å²) in [5.41, 5.74) is 0.442. The van der Waals surface area contributed by atoms with Crippen LogP contribution < -0.4 is 5.32 Å². The van der Waals surface area contributed by atoms with Crippen LogP contribution in [0.4, 0.5) is 26.3 Å². The monoisotopic (exact) mass is 428 g/mol. The molecule has 1 atom stereocenters. The quantitative estimate of drug-likeness (QED) is 0.718. The van der Waals surface area contributed by atoms with Gasteiger partial charge in [-0.05, 0) is 41.0 Å². The summed E-state index contributed by atoms with van der Waals surface area (Å²) in [6.45, 7) is 0.0866. The van der Waals surface area contributed by atoms with Gasteiger partial charge in [0.1, 0.15) is 5.82 Å². The molecule has 0 aliphatic carbocycles. The van der Waals surface area contributed by atoms with Gasteiger partial charge in [0.25, 0.3) is 11.8 Å². The number of benzene rings is 2. The molecular weight excluding hydrogens is 410 g/mol. The Labute approximate surface area is 168 Å². The van der Waals surface area contributed by atoms with Crippen molar-refractivity contribution in [3.63, 3.8) is 0 Å². The first-order valence-corrected chi connectivity index (χ1v) is 9.41. The van der Waals surface area contributed by atoms with Crippen LogP contribution >= 0.6 is 0 Å². The molecule has 2 aliphatic rings. The summed E-state index contributed by atoms with van der Waals surface area (Å²) in [7, 11) is 0. The number of nitrogens with zero attached hydrogens (tertiary/aromatic N) is 1. The third-order valence-corrected chi connectivity index (χ3v) is 5.62. The number of rotatable bonds is 3. The number of nitrogens with one attached hydrogen (secondary N) is 1. The molecule has 1 fully saturated rings. The van der Waals surface area contributed by atoms with Crippen molar-refractivity contribution in [2.45, 2.75) is 37.5 Å². The molecule has 0 radical (unpaired) electrons. The molecule has 160 valence electrons. The summed E-state index contributed by atoms with van der Waals surface area (Å²) < 4.78 is 81.8.